The third-order valence-electron chi connectivity index (χ3n) is 14.1. The summed E-state index contributed by atoms with van der Waals surface area (Å²) < 4.78 is 0. The average molecular weight is 845 g/mol. The summed E-state index contributed by atoms with van der Waals surface area (Å²) in [5, 5.41) is 18.3. The molecule has 1 aliphatic heterocycles. The van der Waals surface area contributed by atoms with E-state index in [1.807, 2.05) is 0 Å². The minimum Gasteiger partial charge on any atom is -0.310 e. The molecule has 13 rings (SSSR count). The van der Waals surface area contributed by atoms with Gasteiger partial charge in [0.1, 0.15) is 8.07 Å². The number of rotatable bonds is 6. The molecule has 1 aliphatic rings. The fourth-order valence-electron chi connectivity index (χ4n) is 10.9. The fourth-order valence-corrected chi connectivity index (χ4v) is 14.0. The van der Waals surface area contributed by atoms with Crippen LogP contribution in [0.3, 0.4) is 0 Å². The average Bonchev–Trinajstić information content (AvgIpc) is 3.36. The third kappa shape index (κ3) is 5.93. The molecule has 12 aromatic rings. The van der Waals surface area contributed by atoms with Crippen molar-refractivity contribution in [3.63, 3.8) is 0 Å². The Morgan fingerprint density at radius 3 is 1.23 bits per heavy atom. The monoisotopic (exact) mass is 844 g/mol. The van der Waals surface area contributed by atoms with Crippen molar-refractivity contribution in [3.8, 4) is 11.1 Å². The van der Waals surface area contributed by atoms with E-state index < -0.39 is 8.07 Å². The lowest BCUT2D eigenvalue weighted by Crippen LogP contribution is -2.56. The van der Waals surface area contributed by atoms with Gasteiger partial charge in [-0.25, -0.2) is 0 Å². The van der Waals surface area contributed by atoms with E-state index in [9.17, 15) is 0 Å². The van der Waals surface area contributed by atoms with Gasteiger partial charge in [0.25, 0.3) is 0 Å². The lowest BCUT2D eigenvalue weighted by molar-refractivity contribution is 1.29. The predicted molar refractivity (Wildman–Crippen MR) is 283 cm³/mol. The maximum Gasteiger partial charge on any atom is 0.113 e. The lowest BCUT2D eigenvalue weighted by atomic mass is 9.92. The van der Waals surface area contributed by atoms with E-state index in [1.165, 1.54) is 91.8 Å². The van der Waals surface area contributed by atoms with Gasteiger partial charge in [-0.2, -0.15) is 0 Å². The predicted octanol–water partition coefficient (Wildman–Crippen LogP) is 16.3. The highest BCUT2D eigenvalue weighted by Gasteiger charge is 2.36. The summed E-state index contributed by atoms with van der Waals surface area (Å²) in [6.45, 7) is 5.09. The van der Waals surface area contributed by atoms with Crippen LogP contribution in [-0.2, 0) is 0 Å². The highest BCUT2D eigenvalue weighted by Crippen LogP contribution is 2.45. The van der Waals surface area contributed by atoms with E-state index in [0.29, 0.717) is 0 Å². The quantitative estimate of drug-likeness (QED) is 0.122. The first-order valence-electron chi connectivity index (χ1n) is 22.7. The smallest absolute Gasteiger partial charge is 0.113 e. The molecule has 3 heteroatoms. The molecular weight excluding hydrogens is 801 g/mol. The van der Waals surface area contributed by atoms with Crippen molar-refractivity contribution in [2.45, 2.75) is 13.1 Å². The zero-order valence-electron chi connectivity index (χ0n) is 36.3. The van der Waals surface area contributed by atoms with Crippen molar-refractivity contribution in [2.24, 2.45) is 0 Å². The standard InChI is InChI=1S/C62H44N2Si/c1-65(2)60-23-13-22-55-58-39-50(63(46-16-5-3-6-17-46)48-31-28-43-26-24-41-14-9-11-20-52(41)56(43)37-48)33-30-45(58)36-59(62(55)60)54-35-34-51(40-61(54)65)64(47-18-7-4-8-19-47)49-32-29-44-27-25-42-15-10-12-21-53(42)57(44)38-49/h3-40H,1-2H3. The first-order valence-corrected chi connectivity index (χ1v) is 25.7. The molecule has 2 nitrogen and oxygen atoms in total. The normalized spacial score (nSPS) is 12.9. The first-order chi connectivity index (χ1) is 32.0. The van der Waals surface area contributed by atoms with E-state index in [1.54, 1.807) is 0 Å². The Kier molecular flexibility index (Phi) is 8.40. The van der Waals surface area contributed by atoms with Crippen LogP contribution in [0.15, 0.2) is 231 Å². The highest BCUT2D eigenvalue weighted by atomic mass is 28.3. The number of hydrogen-bond donors (Lipinski definition) is 0. The molecule has 0 bridgehead atoms. The van der Waals surface area contributed by atoms with Gasteiger partial charge in [-0.15, -0.1) is 0 Å². The Balaban J connectivity index is 0.975. The number of anilines is 6. The molecule has 0 spiro atoms. The van der Waals surface area contributed by atoms with Crippen LogP contribution in [-0.4, -0.2) is 8.07 Å². The van der Waals surface area contributed by atoms with Crippen molar-refractivity contribution in [3.05, 3.63) is 231 Å². The van der Waals surface area contributed by atoms with Gasteiger partial charge in [-0.1, -0.05) is 165 Å². The molecule has 0 aromatic heterocycles. The summed E-state index contributed by atoms with van der Waals surface area (Å²) in [6.07, 6.45) is 0. The van der Waals surface area contributed by atoms with E-state index >= 15 is 0 Å². The summed E-state index contributed by atoms with van der Waals surface area (Å²) in [5.74, 6) is 0. The van der Waals surface area contributed by atoms with Gasteiger partial charge in [0, 0.05) is 34.1 Å². The largest absolute Gasteiger partial charge is 0.310 e. The zero-order chi connectivity index (χ0) is 43.2. The maximum atomic E-state index is 2.55. The summed E-state index contributed by atoms with van der Waals surface area (Å²) in [6, 6.07) is 85.8. The number of benzene rings is 12. The first kappa shape index (κ1) is 37.6. The van der Waals surface area contributed by atoms with Crippen LogP contribution in [0, 0.1) is 0 Å². The summed E-state index contributed by atoms with van der Waals surface area (Å²) in [7, 11) is -2.23. The topological polar surface area (TPSA) is 6.48 Å². The lowest BCUT2D eigenvalue weighted by Gasteiger charge is -2.35. The van der Waals surface area contributed by atoms with Gasteiger partial charge in [0.2, 0.25) is 0 Å². The van der Waals surface area contributed by atoms with Gasteiger partial charge >= 0.3 is 0 Å². The maximum absolute atomic E-state index is 2.55. The summed E-state index contributed by atoms with van der Waals surface area (Å²) in [5.41, 5.74) is 9.58. The Morgan fingerprint density at radius 2 is 0.677 bits per heavy atom. The minimum atomic E-state index is -2.23. The molecule has 65 heavy (non-hydrogen) atoms. The molecule has 0 saturated heterocycles. The van der Waals surface area contributed by atoms with Gasteiger partial charge in [-0.05, 0) is 165 Å². The minimum absolute atomic E-state index is 1.13. The molecule has 0 unspecified atom stereocenters. The van der Waals surface area contributed by atoms with E-state index in [-0.39, 0.29) is 0 Å². The van der Waals surface area contributed by atoms with Gasteiger partial charge in [0.05, 0.1) is 0 Å². The second kappa shape index (κ2) is 14.5. The van der Waals surface area contributed by atoms with Crippen LogP contribution >= 0.6 is 0 Å². The van der Waals surface area contributed by atoms with Crippen molar-refractivity contribution >= 4 is 117 Å². The second-order valence-electron chi connectivity index (χ2n) is 18.1. The van der Waals surface area contributed by atoms with Crippen molar-refractivity contribution in [1.29, 1.82) is 0 Å². The molecular formula is C62H44N2Si. The zero-order valence-corrected chi connectivity index (χ0v) is 37.3. The molecule has 0 radical (unpaired) electrons. The Morgan fingerprint density at radius 1 is 0.262 bits per heavy atom. The van der Waals surface area contributed by atoms with Gasteiger partial charge < -0.3 is 9.80 Å². The molecule has 1 heterocycles. The van der Waals surface area contributed by atoms with Crippen molar-refractivity contribution in [1.82, 2.24) is 0 Å². The van der Waals surface area contributed by atoms with Crippen LogP contribution in [0.25, 0.3) is 75.8 Å². The molecule has 12 aromatic carbocycles. The van der Waals surface area contributed by atoms with Crippen LogP contribution in [0.4, 0.5) is 34.1 Å². The SMILES string of the molecule is C[Si]1(C)c2cc(N(c3ccccc3)c3ccc4ccc5ccccc5c4c3)ccc2-c2cc3ccc(N(c4ccccc4)c4ccc5ccc6ccccc6c5c4)cc3c3cccc1c23. The van der Waals surface area contributed by atoms with Crippen LogP contribution in [0.1, 0.15) is 0 Å². The number of fused-ring (bicyclic) bond motifs is 10. The molecule has 0 atom stereocenters. The summed E-state index contributed by atoms with van der Waals surface area (Å²) in [4.78, 5) is 4.86. The molecule has 0 N–H and O–H groups in total. The number of para-hydroxylation sites is 2. The Labute approximate surface area is 379 Å². The van der Waals surface area contributed by atoms with Gasteiger partial charge in [-0.3, -0.25) is 0 Å². The van der Waals surface area contributed by atoms with E-state index in [4.69, 9.17) is 0 Å². The summed E-state index contributed by atoms with van der Waals surface area (Å²) >= 11 is 0. The Hall–Kier alpha value is -7.98. The molecule has 0 amide bonds. The molecule has 0 fully saturated rings. The number of nitrogens with zero attached hydrogens (tertiary/aromatic N) is 2. The van der Waals surface area contributed by atoms with E-state index in [2.05, 4.69) is 253 Å². The van der Waals surface area contributed by atoms with Gasteiger partial charge in [0.15, 0.2) is 0 Å². The fraction of sp³-hybridized carbons (Fsp3) is 0.0323. The Bertz CT molecular complexity index is 3880. The third-order valence-corrected chi connectivity index (χ3v) is 17.6. The van der Waals surface area contributed by atoms with Crippen LogP contribution < -0.4 is 20.2 Å². The highest BCUT2D eigenvalue weighted by molar-refractivity contribution is 7.03. The molecule has 0 saturated carbocycles. The van der Waals surface area contributed by atoms with Crippen molar-refractivity contribution < 1.29 is 0 Å². The van der Waals surface area contributed by atoms with Crippen molar-refractivity contribution in [2.75, 3.05) is 9.80 Å². The molecule has 0 aliphatic carbocycles. The van der Waals surface area contributed by atoms with Crippen LogP contribution in [0.5, 0.6) is 0 Å². The second-order valence-corrected chi connectivity index (χ2v) is 22.5. The number of hydrogen-bond acceptors (Lipinski definition) is 2. The van der Waals surface area contributed by atoms with E-state index in [0.717, 1.165) is 28.4 Å². The molecule has 306 valence electrons. The van der Waals surface area contributed by atoms with Crippen LogP contribution in [0.2, 0.25) is 13.1 Å².